The molecular weight excluding hydrogens is 245 g/mol. The highest BCUT2D eigenvalue weighted by atomic mass is 19.1. The molecule has 4 heteroatoms. The molecule has 0 radical (unpaired) electrons. The Labute approximate surface area is 110 Å². The summed E-state index contributed by atoms with van der Waals surface area (Å²) in [6, 6.07) is 9.88. The summed E-state index contributed by atoms with van der Waals surface area (Å²) in [5, 5.41) is 0. The van der Waals surface area contributed by atoms with Crippen LogP contribution in [0.25, 0.3) is 11.1 Å². The molecule has 0 fully saturated rings. The first-order valence-electron chi connectivity index (χ1n) is 5.77. The highest BCUT2D eigenvalue weighted by molar-refractivity contribution is 5.91. The Hall–Kier alpha value is -2.36. The van der Waals surface area contributed by atoms with Crippen LogP contribution in [0.4, 0.5) is 10.1 Å². The Morgan fingerprint density at radius 3 is 2.37 bits per heavy atom. The fourth-order valence-electron chi connectivity index (χ4n) is 1.89. The minimum atomic E-state index is -0.452. The first-order valence-corrected chi connectivity index (χ1v) is 5.77. The molecule has 0 heterocycles. The van der Waals surface area contributed by atoms with Crippen LogP contribution in [0.15, 0.2) is 36.4 Å². The molecule has 19 heavy (non-hydrogen) atoms. The lowest BCUT2D eigenvalue weighted by atomic mass is 9.99. The summed E-state index contributed by atoms with van der Waals surface area (Å²) < 4.78 is 18.1. The zero-order valence-corrected chi connectivity index (χ0v) is 10.7. The van der Waals surface area contributed by atoms with Gasteiger partial charge in [0.25, 0.3) is 0 Å². The number of nitrogens with two attached hydrogens (primary N) is 1. The lowest BCUT2D eigenvalue weighted by molar-refractivity contribution is 0.0600. The fourth-order valence-corrected chi connectivity index (χ4v) is 1.89. The van der Waals surface area contributed by atoms with Gasteiger partial charge in [0.1, 0.15) is 5.82 Å². The highest BCUT2D eigenvalue weighted by Crippen LogP contribution is 2.25. The van der Waals surface area contributed by atoms with E-state index >= 15 is 0 Å². The van der Waals surface area contributed by atoms with Crippen molar-refractivity contribution in [2.75, 3.05) is 12.8 Å². The molecule has 3 nitrogen and oxygen atoms in total. The van der Waals surface area contributed by atoms with E-state index in [0.717, 1.165) is 11.1 Å². The topological polar surface area (TPSA) is 52.3 Å². The molecule has 0 aromatic heterocycles. The number of halogens is 1. The van der Waals surface area contributed by atoms with Crippen molar-refractivity contribution < 1.29 is 13.9 Å². The normalized spacial score (nSPS) is 10.3. The van der Waals surface area contributed by atoms with Crippen molar-refractivity contribution in [1.82, 2.24) is 0 Å². The monoisotopic (exact) mass is 259 g/mol. The van der Waals surface area contributed by atoms with Gasteiger partial charge >= 0.3 is 5.97 Å². The maximum Gasteiger partial charge on any atom is 0.338 e. The van der Waals surface area contributed by atoms with E-state index < -0.39 is 5.82 Å². The first-order chi connectivity index (χ1) is 9.02. The molecule has 2 rings (SSSR count). The largest absolute Gasteiger partial charge is 0.465 e. The summed E-state index contributed by atoms with van der Waals surface area (Å²) in [5.74, 6) is -0.834. The fraction of sp³-hybridized carbons (Fsp3) is 0.133. The summed E-state index contributed by atoms with van der Waals surface area (Å²) in [6.45, 7) is 1.81. The number of anilines is 1. The van der Waals surface area contributed by atoms with Gasteiger partial charge < -0.3 is 10.5 Å². The number of hydrogen-bond acceptors (Lipinski definition) is 3. The second-order valence-electron chi connectivity index (χ2n) is 4.26. The molecule has 98 valence electrons. The zero-order valence-electron chi connectivity index (χ0n) is 10.7. The van der Waals surface area contributed by atoms with E-state index in [4.69, 9.17) is 5.73 Å². The minimum absolute atomic E-state index is 0.117. The molecule has 0 spiro atoms. The number of benzene rings is 2. The third-order valence-corrected chi connectivity index (χ3v) is 2.97. The van der Waals surface area contributed by atoms with Crippen LogP contribution in [-0.4, -0.2) is 13.1 Å². The lowest BCUT2D eigenvalue weighted by Gasteiger charge is -2.08. The van der Waals surface area contributed by atoms with E-state index in [2.05, 4.69) is 4.74 Å². The molecule has 0 aliphatic rings. The van der Waals surface area contributed by atoms with Gasteiger partial charge in [-0.3, -0.25) is 0 Å². The maximum atomic E-state index is 13.4. The average molecular weight is 259 g/mol. The van der Waals surface area contributed by atoms with Crippen LogP contribution >= 0.6 is 0 Å². The Balaban J connectivity index is 2.44. The summed E-state index contributed by atoms with van der Waals surface area (Å²) >= 11 is 0. The Kier molecular flexibility index (Phi) is 3.51. The summed E-state index contributed by atoms with van der Waals surface area (Å²) in [7, 11) is 1.34. The third-order valence-electron chi connectivity index (χ3n) is 2.97. The quantitative estimate of drug-likeness (QED) is 0.665. The molecule has 0 bridgehead atoms. The van der Waals surface area contributed by atoms with Gasteiger partial charge in [0.2, 0.25) is 0 Å². The van der Waals surface area contributed by atoms with Gasteiger partial charge in [0.15, 0.2) is 0 Å². The van der Waals surface area contributed by atoms with E-state index in [9.17, 15) is 9.18 Å². The van der Waals surface area contributed by atoms with Gasteiger partial charge in [-0.2, -0.15) is 0 Å². The number of hydrogen-bond donors (Lipinski definition) is 1. The summed E-state index contributed by atoms with van der Waals surface area (Å²) in [5.41, 5.74) is 8.38. The second-order valence-corrected chi connectivity index (χ2v) is 4.26. The molecule has 0 unspecified atom stereocenters. The molecule has 2 aromatic carbocycles. The molecule has 0 saturated heterocycles. The standard InChI is InChI=1S/C15H14FNO2/c1-9-7-10(3-5-12(9)15(18)19-2)11-4-6-14(17)13(16)8-11/h3-8H,17H2,1-2H3. The van der Waals surface area contributed by atoms with Crippen LogP contribution in [-0.2, 0) is 4.74 Å². The average Bonchev–Trinajstić information content (AvgIpc) is 2.41. The van der Waals surface area contributed by atoms with E-state index in [-0.39, 0.29) is 11.7 Å². The van der Waals surface area contributed by atoms with Crippen molar-refractivity contribution in [3.8, 4) is 11.1 Å². The summed E-state index contributed by atoms with van der Waals surface area (Å²) in [4.78, 5) is 11.5. The predicted molar refractivity (Wildman–Crippen MR) is 72.3 cm³/mol. The zero-order chi connectivity index (χ0) is 14.0. The Bertz CT molecular complexity index is 638. The van der Waals surface area contributed by atoms with Crippen LogP contribution < -0.4 is 5.73 Å². The molecule has 0 aliphatic carbocycles. The van der Waals surface area contributed by atoms with Crippen LogP contribution in [0.1, 0.15) is 15.9 Å². The predicted octanol–water partition coefficient (Wildman–Crippen LogP) is 3.17. The number of esters is 1. The van der Waals surface area contributed by atoms with Crippen LogP contribution in [0, 0.1) is 12.7 Å². The number of ether oxygens (including phenoxy) is 1. The lowest BCUT2D eigenvalue weighted by Crippen LogP contribution is -2.03. The third kappa shape index (κ3) is 2.57. The minimum Gasteiger partial charge on any atom is -0.465 e. The maximum absolute atomic E-state index is 13.4. The van der Waals surface area contributed by atoms with Crippen molar-refractivity contribution in [3.63, 3.8) is 0 Å². The number of rotatable bonds is 2. The molecule has 0 saturated carbocycles. The van der Waals surface area contributed by atoms with Gasteiger partial charge in [-0.25, -0.2) is 9.18 Å². The molecule has 2 aromatic rings. The van der Waals surface area contributed by atoms with E-state index in [1.165, 1.54) is 19.2 Å². The molecule has 2 N–H and O–H groups in total. The van der Waals surface area contributed by atoms with Crippen molar-refractivity contribution in [3.05, 3.63) is 53.3 Å². The van der Waals surface area contributed by atoms with Gasteiger partial charge in [-0.15, -0.1) is 0 Å². The number of nitrogen functional groups attached to an aromatic ring is 1. The van der Waals surface area contributed by atoms with Crippen molar-refractivity contribution in [2.45, 2.75) is 6.92 Å². The summed E-state index contributed by atoms with van der Waals surface area (Å²) in [6.07, 6.45) is 0. The SMILES string of the molecule is COC(=O)c1ccc(-c2ccc(N)c(F)c2)cc1C. The molecule has 0 aliphatic heterocycles. The van der Waals surface area contributed by atoms with Crippen molar-refractivity contribution in [2.24, 2.45) is 0 Å². The van der Waals surface area contributed by atoms with Crippen LogP contribution in [0.2, 0.25) is 0 Å². The number of methoxy groups -OCH3 is 1. The van der Waals surface area contributed by atoms with Gasteiger partial charge in [-0.1, -0.05) is 18.2 Å². The Morgan fingerprint density at radius 2 is 1.79 bits per heavy atom. The van der Waals surface area contributed by atoms with Crippen LogP contribution in [0.5, 0.6) is 0 Å². The highest BCUT2D eigenvalue weighted by Gasteiger charge is 2.10. The first kappa shape index (κ1) is 13.1. The molecule has 0 amide bonds. The Morgan fingerprint density at radius 1 is 1.16 bits per heavy atom. The van der Waals surface area contributed by atoms with Crippen molar-refractivity contribution in [1.29, 1.82) is 0 Å². The molecular formula is C15H14FNO2. The van der Waals surface area contributed by atoms with Crippen molar-refractivity contribution >= 4 is 11.7 Å². The number of carbonyl (C=O) groups excluding carboxylic acids is 1. The van der Waals surface area contributed by atoms with Gasteiger partial charge in [0.05, 0.1) is 18.4 Å². The number of aryl methyl sites for hydroxylation is 1. The number of carbonyl (C=O) groups is 1. The van der Waals surface area contributed by atoms with E-state index in [0.29, 0.717) is 11.1 Å². The molecule has 0 atom stereocenters. The van der Waals surface area contributed by atoms with E-state index in [1.807, 2.05) is 13.0 Å². The second kappa shape index (κ2) is 5.10. The van der Waals surface area contributed by atoms with Crippen LogP contribution in [0.3, 0.4) is 0 Å². The van der Waals surface area contributed by atoms with Gasteiger partial charge in [0, 0.05) is 0 Å². The van der Waals surface area contributed by atoms with E-state index in [1.54, 1.807) is 18.2 Å². The van der Waals surface area contributed by atoms with Gasteiger partial charge in [-0.05, 0) is 41.8 Å². The smallest absolute Gasteiger partial charge is 0.338 e.